The second-order valence-corrected chi connectivity index (χ2v) is 29.8. The summed E-state index contributed by atoms with van der Waals surface area (Å²) >= 11 is -1.88. The quantitative estimate of drug-likeness (QED) is 0.115. The van der Waals surface area contributed by atoms with E-state index in [1.807, 2.05) is 24.3 Å². The molecule has 0 amide bonds. The molecule has 358 valence electrons. The molecule has 0 unspecified atom stereocenters. The van der Waals surface area contributed by atoms with E-state index in [9.17, 15) is 0 Å². The van der Waals surface area contributed by atoms with Crippen molar-refractivity contribution in [2.45, 2.75) is 192 Å². The number of anilines is 2. The fourth-order valence-electron chi connectivity index (χ4n) is 11.6. The zero-order chi connectivity index (χ0) is 46.7. The van der Waals surface area contributed by atoms with Gasteiger partial charge in [-0.1, -0.05) is 157 Å². The maximum atomic E-state index is 6.19. The minimum atomic E-state index is -1.88. The van der Waals surface area contributed by atoms with E-state index in [2.05, 4.69) is 145 Å². The Morgan fingerprint density at radius 1 is 0.470 bits per heavy atom. The summed E-state index contributed by atoms with van der Waals surface area (Å²) < 4.78 is 1.12. The number of hydrogen-bond donors (Lipinski definition) is 0. The monoisotopic (exact) mass is 1030 g/mol. The van der Waals surface area contributed by atoms with Gasteiger partial charge in [0.1, 0.15) is 0 Å². The molecule has 0 bridgehead atoms. The van der Waals surface area contributed by atoms with Crippen molar-refractivity contribution in [2.24, 2.45) is 0 Å². The fraction of sp³-hybridized carbons (Fsp3) is 0.533. The first-order chi connectivity index (χ1) is 31.9. The Morgan fingerprint density at radius 3 is 1.20 bits per heavy atom. The third-order valence-corrected chi connectivity index (χ3v) is 22.2. The molecular formula is C60H81Cl2N2PRu. The molecule has 0 atom stereocenters. The molecule has 2 nitrogen and oxygen atoms in total. The maximum absolute atomic E-state index is 6.19. The van der Waals surface area contributed by atoms with E-state index in [1.165, 1.54) is 92.1 Å². The van der Waals surface area contributed by atoms with Crippen molar-refractivity contribution in [1.29, 1.82) is 0 Å². The summed E-state index contributed by atoms with van der Waals surface area (Å²) in [6.45, 7) is 24.1. The number of hydrogen-bond acceptors (Lipinski definition) is 2. The van der Waals surface area contributed by atoms with Crippen molar-refractivity contribution in [3.63, 3.8) is 0 Å². The van der Waals surface area contributed by atoms with E-state index in [0.29, 0.717) is 31.6 Å². The summed E-state index contributed by atoms with van der Waals surface area (Å²) in [5.74, 6) is 1.98. The Hall–Kier alpha value is -2.28. The summed E-state index contributed by atoms with van der Waals surface area (Å²) in [5, 5.41) is 0. The Labute approximate surface area is 417 Å². The molecule has 6 heteroatoms. The van der Waals surface area contributed by atoms with Crippen LogP contribution in [-0.2, 0) is 13.5 Å². The molecule has 9 rings (SSSR count). The molecule has 2 radical (unpaired) electrons. The number of fused-ring (bicyclic) bond motifs is 1. The second-order valence-electron chi connectivity index (χ2n) is 20.9. The molecule has 1 heterocycles. The van der Waals surface area contributed by atoms with Crippen molar-refractivity contribution < 1.29 is 13.5 Å². The van der Waals surface area contributed by atoms with E-state index in [1.54, 1.807) is 77.0 Å². The fourth-order valence-corrected chi connectivity index (χ4v) is 18.8. The molecule has 1 aliphatic heterocycles. The molecule has 5 aliphatic rings. The van der Waals surface area contributed by atoms with Gasteiger partial charge in [0.25, 0.3) is 0 Å². The van der Waals surface area contributed by atoms with Crippen LogP contribution in [0.3, 0.4) is 0 Å². The average molecular weight is 1030 g/mol. The van der Waals surface area contributed by atoms with E-state index in [-0.39, 0.29) is 0 Å². The van der Waals surface area contributed by atoms with Crippen molar-refractivity contribution in [2.75, 3.05) is 22.9 Å². The van der Waals surface area contributed by atoms with Gasteiger partial charge in [0.15, 0.2) is 0 Å². The number of halogens is 2. The molecule has 4 aliphatic carbocycles. The number of para-hydroxylation sites is 2. The van der Waals surface area contributed by atoms with Crippen LogP contribution in [-0.4, -0.2) is 34.2 Å². The molecule has 0 N–H and O–H groups in total. The van der Waals surface area contributed by atoms with Crippen LogP contribution < -0.4 is 9.80 Å². The van der Waals surface area contributed by atoms with Gasteiger partial charge in [-0.05, 0) is 101 Å². The second kappa shape index (κ2) is 25.0. The molecule has 4 aromatic rings. The van der Waals surface area contributed by atoms with Crippen LogP contribution in [0.2, 0.25) is 0 Å². The van der Waals surface area contributed by atoms with Crippen LogP contribution in [0.5, 0.6) is 0 Å². The SMILES string of the molecule is C1CCC(P(C2CCCCC2)C2CCCCC2)CC1.CC(C)c1cccc(C(C)C)c1N1[C]N(c2c(C(C)C)cccc2C(C)C)CC1.[Cl][Ru]([Cl])=[C]1C=C(c2ccccc2)c2ccccc21. The molecule has 4 fully saturated rings. The van der Waals surface area contributed by atoms with Gasteiger partial charge in [-0.15, -0.1) is 0 Å². The molecule has 1 saturated heterocycles. The van der Waals surface area contributed by atoms with E-state index in [0.717, 1.165) is 17.2 Å². The number of allylic oxidation sites excluding steroid dienone is 1. The predicted octanol–water partition coefficient (Wildman–Crippen LogP) is 18.5. The summed E-state index contributed by atoms with van der Waals surface area (Å²) in [4.78, 5) is 4.76. The Morgan fingerprint density at radius 2 is 0.833 bits per heavy atom. The first kappa shape index (κ1) is 51.6. The predicted molar refractivity (Wildman–Crippen MR) is 290 cm³/mol. The van der Waals surface area contributed by atoms with Gasteiger partial charge in [0.2, 0.25) is 6.67 Å². The third kappa shape index (κ3) is 12.7. The molecular weight excluding hydrogens is 952 g/mol. The normalized spacial score (nSPS) is 18.7. The zero-order valence-electron chi connectivity index (χ0n) is 41.8. The standard InChI is InChI=1S/C27H38N2.C18H33P.C15H10.2ClH.Ru/c1-18(2)22-11-9-12-23(19(3)4)26(22)28-15-16-29(17-28)27-24(20(5)6)13-10-14-25(27)21(7)8;1-4-10-16(11-5-1)19(17-12-6-2-7-13-17)18-14-8-3-9-15-18;1-2-6-12(7-3-1)15-11-10-13-8-4-5-9-14(13)15;;;/h9-14,18-21H,15-16H2,1-8H3;16-18H,1-15H2;1-9,11H;2*1H;/q;;;;;+2/p-2. The van der Waals surface area contributed by atoms with Crippen LogP contribution in [0.25, 0.3) is 5.57 Å². The van der Waals surface area contributed by atoms with Crippen molar-refractivity contribution >= 4 is 48.4 Å². The van der Waals surface area contributed by atoms with Gasteiger partial charge in [0.05, 0.1) is 0 Å². The van der Waals surface area contributed by atoms with Crippen LogP contribution in [0, 0.1) is 6.67 Å². The Kier molecular flexibility index (Phi) is 19.6. The Balaban J connectivity index is 0.000000153. The number of nitrogens with zero attached hydrogens (tertiary/aromatic N) is 2. The molecule has 0 spiro atoms. The number of rotatable bonds is 10. The summed E-state index contributed by atoms with van der Waals surface area (Å²) in [5.41, 5.74) is 16.9. The Bertz CT molecular complexity index is 2040. The van der Waals surface area contributed by atoms with Crippen molar-refractivity contribution in [3.8, 4) is 0 Å². The van der Waals surface area contributed by atoms with E-state index in [4.69, 9.17) is 19.4 Å². The van der Waals surface area contributed by atoms with Gasteiger partial charge in [0, 0.05) is 24.5 Å². The first-order valence-electron chi connectivity index (χ1n) is 26.0. The van der Waals surface area contributed by atoms with Gasteiger partial charge in [-0.3, -0.25) is 0 Å². The molecule has 0 aromatic heterocycles. The van der Waals surface area contributed by atoms with Gasteiger partial charge in [-0.25, -0.2) is 0 Å². The number of benzene rings is 4. The van der Waals surface area contributed by atoms with Gasteiger partial charge in [-0.2, -0.15) is 0 Å². The summed E-state index contributed by atoms with van der Waals surface area (Å²) in [7, 11) is 12.8. The van der Waals surface area contributed by atoms with Crippen LogP contribution in [0.1, 0.15) is 214 Å². The topological polar surface area (TPSA) is 6.48 Å². The van der Waals surface area contributed by atoms with Crippen molar-refractivity contribution in [3.05, 3.63) is 143 Å². The molecule has 66 heavy (non-hydrogen) atoms. The first-order valence-corrected chi connectivity index (χ1v) is 32.9. The van der Waals surface area contributed by atoms with Crippen LogP contribution >= 0.6 is 27.3 Å². The van der Waals surface area contributed by atoms with Crippen molar-refractivity contribution in [1.82, 2.24) is 0 Å². The summed E-state index contributed by atoms with van der Waals surface area (Å²) in [6, 6.07) is 32.3. The minimum absolute atomic E-state index is 0.385. The molecule has 4 aromatic carbocycles. The average Bonchev–Trinajstić information content (AvgIpc) is 3.99. The zero-order valence-corrected chi connectivity index (χ0v) is 45.9. The van der Waals surface area contributed by atoms with Gasteiger partial charge >= 0.3 is 120 Å². The van der Waals surface area contributed by atoms with Crippen LogP contribution in [0.4, 0.5) is 11.4 Å². The summed E-state index contributed by atoms with van der Waals surface area (Å²) in [6.07, 6.45) is 25.8. The van der Waals surface area contributed by atoms with E-state index >= 15 is 0 Å². The van der Waals surface area contributed by atoms with E-state index < -0.39 is 13.5 Å². The van der Waals surface area contributed by atoms with Gasteiger partial charge < -0.3 is 9.80 Å². The third-order valence-electron chi connectivity index (χ3n) is 15.0. The van der Waals surface area contributed by atoms with Crippen LogP contribution in [0.15, 0.2) is 97.1 Å². The molecule has 3 saturated carbocycles.